The summed E-state index contributed by atoms with van der Waals surface area (Å²) in [6, 6.07) is 8.57. The monoisotopic (exact) mass is 351 g/mol. The maximum Gasteiger partial charge on any atom is 0.211 e. The molecule has 2 aliphatic heterocycles. The third kappa shape index (κ3) is 4.29. The molecule has 1 unspecified atom stereocenters. The second-order valence-electron chi connectivity index (χ2n) is 7.20. The van der Waals surface area contributed by atoms with Crippen LogP contribution in [0.1, 0.15) is 18.4 Å². The fourth-order valence-electron chi connectivity index (χ4n) is 3.93. The van der Waals surface area contributed by atoms with Crippen LogP contribution in [-0.2, 0) is 10.0 Å². The Kier molecular flexibility index (Phi) is 5.47. The molecule has 2 heterocycles. The minimum Gasteiger partial charge on any atom is -0.369 e. The van der Waals surface area contributed by atoms with E-state index in [2.05, 4.69) is 41.0 Å². The molecule has 0 aromatic heterocycles. The number of para-hydroxylation sites is 1. The maximum absolute atomic E-state index is 11.8. The minimum absolute atomic E-state index is 0.471. The first kappa shape index (κ1) is 17.7. The summed E-state index contributed by atoms with van der Waals surface area (Å²) in [5, 5.41) is 0. The van der Waals surface area contributed by atoms with Crippen LogP contribution in [0.5, 0.6) is 0 Å². The zero-order valence-corrected chi connectivity index (χ0v) is 15.6. The molecule has 6 heteroatoms. The molecule has 5 nitrogen and oxygen atoms in total. The van der Waals surface area contributed by atoms with E-state index in [1.54, 1.807) is 4.31 Å². The van der Waals surface area contributed by atoms with Crippen molar-refractivity contribution in [3.63, 3.8) is 0 Å². The molecule has 2 fully saturated rings. The molecule has 3 rings (SSSR count). The quantitative estimate of drug-likeness (QED) is 0.830. The average Bonchev–Trinajstić information content (AvgIpc) is 2.56. The van der Waals surface area contributed by atoms with Crippen LogP contribution in [0.15, 0.2) is 24.3 Å². The summed E-state index contributed by atoms with van der Waals surface area (Å²) in [7, 11) is -3.04. The standard InChI is InChI=1S/C18H29N3O2S/c1-16-6-3-4-8-18(16)20-12-10-19(11-13-20)14-17-7-5-9-21(15-17)24(2,22)23/h3-4,6,8,17H,5,7,9-15H2,1-2H3. The van der Waals surface area contributed by atoms with Crippen molar-refractivity contribution < 1.29 is 8.42 Å². The molecule has 0 amide bonds. The lowest BCUT2D eigenvalue weighted by Crippen LogP contribution is -2.50. The highest BCUT2D eigenvalue weighted by Gasteiger charge is 2.28. The highest BCUT2D eigenvalue weighted by molar-refractivity contribution is 7.88. The number of piperidine rings is 1. The fourth-order valence-corrected chi connectivity index (χ4v) is 4.87. The van der Waals surface area contributed by atoms with Crippen molar-refractivity contribution in [1.82, 2.24) is 9.21 Å². The molecule has 0 saturated carbocycles. The van der Waals surface area contributed by atoms with Gasteiger partial charge in [-0.05, 0) is 37.3 Å². The Bertz CT molecular complexity index is 654. The van der Waals surface area contributed by atoms with Gasteiger partial charge in [0.15, 0.2) is 0 Å². The van der Waals surface area contributed by atoms with Gasteiger partial charge >= 0.3 is 0 Å². The van der Waals surface area contributed by atoms with Crippen LogP contribution in [0.25, 0.3) is 0 Å². The normalized spacial score (nSPS) is 24.2. The van der Waals surface area contributed by atoms with E-state index in [0.29, 0.717) is 19.0 Å². The molecule has 1 aromatic carbocycles. The summed E-state index contributed by atoms with van der Waals surface area (Å²) >= 11 is 0. The molecule has 1 aromatic rings. The molecule has 2 saturated heterocycles. The molecule has 0 spiro atoms. The van der Waals surface area contributed by atoms with Gasteiger partial charge in [-0.25, -0.2) is 12.7 Å². The van der Waals surface area contributed by atoms with Crippen molar-refractivity contribution in [1.29, 1.82) is 0 Å². The smallest absolute Gasteiger partial charge is 0.211 e. The van der Waals surface area contributed by atoms with Gasteiger partial charge in [0.2, 0.25) is 10.0 Å². The molecule has 1 atom stereocenters. The highest BCUT2D eigenvalue weighted by Crippen LogP contribution is 2.23. The average molecular weight is 352 g/mol. The summed E-state index contributed by atoms with van der Waals surface area (Å²) in [5.74, 6) is 0.471. The van der Waals surface area contributed by atoms with E-state index in [4.69, 9.17) is 0 Å². The summed E-state index contributed by atoms with van der Waals surface area (Å²) < 4.78 is 25.2. The van der Waals surface area contributed by atoms with E-state index in [1.165, 1.54) is 17.5 Å². The van der Waals surface area contributed by atoms with Crippen LogP contribution in [0, 0.1) is 12.8 Å². The van der Waals surface area contributed by atoms with Crippen molar-refractivity contribution in [2.75, 3.05) is 57.0 Å². The minimum atomic E-state index is -3.04. The summed E-state index contributed by atoms with van der Waals surface area (Å²) in [4.78, 5) is 4.97. The van der Waals surface area contributed by atoms with E-state index >= 15 is 0 Å². The number of rotatable bonds is 4. The van der Waals surface area contributed by atoms with Gasteiger partial charge in [-0.2, -0.15) is 0 Å². The van der Waals surface area contributed by atoms with Gasteiger partial charge in [0.05, 0.1) is 6.26 Å². The first-order valence-electron chi connectivity index (χ1n) is 8.91. The van der Waals surface area contributed by atoms with Gasteiger partial charge in [0, 0.05) is 51.5 Å². The first-order chi connectivity index (χ1) is 11.4. The summed E-state index contributed by atoms with van der Waals surface area (Å²) in [6.45, 7) is 8.79. The molecule has 0 aliphatic carbocycles. The van der Waals surface area contributed by atoms with Crippen molar-refractivity contribution >= 4 is 15.7 Å². The zero-order chi connectivity index (χ0) is 17.2. The molecule has 24 heavy (non-hydrogen) atoms. The Labute approximate surface area is 146 Å². The third-order valence-corrected chi connectivity index (χ3v) is 6.57. The van der Waals surface area contributed by atoms with Crippen LogP contribution in [0.4, 0.5) is 5.69 Å². The molecule has 2 aliphatic rings. The van der Waals surface area contributed by atoms with Crippen LogP contribution < -0.4 is 4.90 Å². The van der Waals surface area contributed by atoms with Crippen LogP contribution in [0.2, 0.25) is 0 Å². The van der Waals surface area contributed by atoms with E-state index in [9.17, 15) is 8.42 Å². The van der Waals surface area contributed by atoms with E-state index in [1.807, 2.05) is 0 Å². The largest absolute Gasteiger partial charge is 0.369 e. The number of nitrogens with zero attached hydrogens (tertiary/aromatic N) is 3. The second-order valence-corrected chi connectivity index (χ2v) is 9.19. The van der Waals surface area contributed by atoms with Gasteiger partial charge in [-0.15, -0.1) is 0 Å². The van der Waals surface area contributed by atoms with E-state index in [0.717, 1.165) is 45.6 Å². The lowest BCUT2D eigenvalue weighted by Gasteiger charge is -2.40. The molecule has 0 N–H and O–H groups in total. The van der Waals surface area contributed by atoms with Crippen molar-refractivity contribution in [2.24, 2.45) is 5.92 Å². The Morgan fingerprint density at radius 1 is 1.08 bits per heavy atom. The Hall–Kier alpha value is -1.11. The van der Waals surface area contributed by atoms with Gasteiger partial charge in [-0.3, -0.25) is 4.90 Å². The zero-order valence-electron chi connectivity index (χ0n) is 14.8. The van der Waals surface area contributed by atoms with Gasteiger partial charge < -0.3 is 4.90 Å². The predicted octanol–water partition coefficient (Wildman–Crippen LogP) is 1.79. The topological polar surface area (TPSA) is 43.9 Å². The SMILES string of the molecule is Cc1ccccc1N1CCN(CC2CCCN(S(C)(=O)=O)C2)CC1. The fraction of sp³-hybridized carbons (Fsp3) is 0.667. The Morgan fingerprint density at radius 2 is 1.79 bits per heavy atom. The van der Waals surface area contributed by atoms with Crippen molar-refractivity contribution in [3.05, 3.63) is 29.8 Å². The van der Waals surface area contributed by atoms with Crippen LogP contribution in [-0.4, -0.2) is 69.7 Å². The Balaban J connectivity index is 1.51. The lowest BCUT2D eigenvalue weighted by molar-refractivity contribution is 0.172. The number of sulfonamides is 1. The predicted molar refractivity (Wildman–Crippen MR) is 99.0 cm³/mol. The van der Waals surface area contributed by atoms with Gasteiger partial charge in [-0.1, -0.05) is 18.2 Å². The molecule has 0 bridgehead atoms. The number of benzene rings is 1. The second kappa shape index (κ2) is 7.42. The van der Waals surface area contributed by atoms with Crippen LogP contribution in [0.3, 0.4) is 0 Å². The number of piperazine rings is 1. The Morgan fingerprint density at radius 3 is 2.46 bits per heavy atom. The third-order valence-electron chi connectivity index (χ3n) is 5.30. The van der Waals surface area contributed by atoms with Crippen LogP contribution >= 0.6 is 0 Å². The van der Waals surface area contributed by atoms with Crippen molar-refractivity contribution in [2.45, 2.75) is 19.8 Å². The van der Waals surface area contributed by atoms with Gasteiger partial charge in [0.25, 0.3) is 0 Å². The first-order valence-corrected chi connectivity index (χ1v) is 10.8. The molecular formula is C18H29N3O2S. The molecular weight excluding hydrogens is 322 g/mol. The molecule has 0 radical (unpaired) electrons. The van der Waals surface area contributed by atoms with E-state index in [-0.39, 0.29) is 0 Å². The number of hydrogen-bond donors (Lipinski definition) is 0. The summed E-state index contributed by atoms with van der Waals surface area (Å²) in [5.41, 5.74) is 2.68. The number of aryl methyl sites for hydroxylation is 1. The molecule has 134 valence electrons. The van der Waals surface area contributed by atoms with Gasteiger partial charge in [0.1, 0.15) is 0 Å². The van der Waals surface area contributed by atoms with Crippen molar-refractivity contribution in [3.8, 4) is 0 Å². The lowest BCUT2D eigenvalue weighted by atomic mass is 9.98. The highest BCUT2D eigenvalue weighted by atomic mass is 32.2. The van der Waals surface area contributed by atoms with E-state index < -0.39 is 10.0 Å². The maximum atomic E-state index is 11.8. The summed E-state index contributed by atoms with van der Waals surface area (Å²) in [6.07, 6.45) is 3.46. The number of hydrogen-bond acceptors (Lipinski definition) is 4. The number of anilines is 1.